The molecule has 0 radical (unpaired) electrons. The number of carboxylic acid groups (broad SMARTS) is 1. The molecule has 5 aromatic rings. The summed E-state index contributed by atoms with van der Waals surface area (Å²) in [7, 11) is 0. The number of amides is 2. The smallest absolute Gasteiger partial charge is 0.352 e. The van der Waals surface area contributed by atoms with E-state index in [1.807, 2.05) is 97.1 Å². The lowest BCUT2D eigenvalue weighted by Crippen LogP contribution is -2.71. The van der Waals surface area contributed by atoms with E-state index >= 15 is 0 Å². The number of nitrogens with one attached hydrogen (secondary N) is 1. The number of nitrogens with zero attached hydrogens (tertiary/aromatic N) is 4. The highest BCUT2D eigenvalue weighted by Crippen LogP contribution is 2.42. The van der Waals surface area contributed by atoms with Gasteiger partial charge in [0.15, 0.2) is 10.8 Å². The van der Waals surface area contributed by atoms with E-state index in [1.54, 1.807) is 36.0 Å². The third-order valence-electron chi connectivity index (χ3n) is 8.44. The third-order valence-corrected chi connectivity index (χ3v) is 10.4. The first-order chi connectivity index (χ1) is 24.9. The van der Waals surface area contributed by atoms with E-state index in [-0.39, 0.29) is 22.2 Å². The van der Waals surface area contributed by atoms with Gasteiger partial charge in [-0.25, -0.2) is 9.78 Å². The maximum Gasteiger partial charge on any atom is 0.352 e. The first-order valence-corrected chi connectivity index (χ1v) is 17.7. The molecule has 2 amide bonds. The molecule has 51 heavy (non-hydrogen) atoms. The molecule has 2 aliphatic heterocycles. The van der Waals surface area contributed by atoms with Crippen LogP contribution in [0.2, 0.25) is 0 Å². The fourth-order valence-electron chi connectivity index (χ4n) is 6.04. The van der Waals surface area contributed by atoms with Crippen molar-refractivity contribution in [2.75, 3.05) is 11.5 Å². The van der Waals surface area contributed by atoms with Gasteiger partial charge in [0.1, 0.15) is 22.8 Å². The van der Waals surface area contributed by atoms with Crippen molar-refractivity contribution in [3.05, 3.63) is 166 Å². The second-order valence-corrected chi connectivity index (χ2v) is 13.5. The van der Waals surface area contributed by atoms with Crippen LogP contribution in [0, 0.1) is 0 Å². The Kier molecular flexibility index (Phi) is 9.47. The number of thiazole rings is 1. The first-order valence-electron chi connectivity index (χ1n) is 15.8. The summed E-state index contributed by atoms with van der Waals surface area (Å²) in [5.41, 5.74) is 8.06. The van der Waals surface area contributed by atoms with Crippen LogP contribution < -0.4 is 11.1 Å². The monoisotopic (exact) mass is 714 g/mol. The predicted molar refractivity (Wildman–Crippen MR) is 196 cm³/mol. The molecule has 13 heteroatoms. The number of anilines is 1. The van der Waals surface area contributed by atoms with Crippen LogP contribution >= 0.6 is 23.1 Å². The fraction of sp³-hybridized carbons (Fsp3) is 0.105. The van der Waals surface area contributed by atoms with Gasteiger partial charge in [0.05, 0.1) is 0 Å². The molecule has 0 unspecified atom stereocenters. The Morgan fingerprint density at radius 1 is 0.941 bits per heavy atom. The van der Waals surface area contributed by atoms with Crippen molar-refractivity contribution in [3.63, 3.8) is 0 Å². The number of benzene rings is 3. The quantitative estimate of drug-likeness (QED) is 0.0716. The number of aromatic nitrogens is 2. The highest BCUT2D eigenvalue weighted by atomic mass is 32.2. The number of nitrogen functional groups attached to an aromatic ring is 1. The molecule has 0 saturated carbocycles. The second-order valence-electron chi connectivity index (χ2n) is 11.5. The van der Waals surface area contributed by atoms with E-state index in [0.717, 1.165) is 33.6 Å². The number of oxime groups is 1. The average Bonchev–Trinajstić information content (AvgIpc) is 3.61. The molecule has 4 heterocycles. The number of carbonyl (C=O) groups excluding carboxylic acids is 2. The van der Waals surface area contributed by atoms with E-state index in [1.165, 1.54) is 16.7 Å². The minimum absolute atomic E-state index is 0.128. The zero-order chi connectivity index (χ0) is 35.4. The lowest BCUT2D eigenvalue weighted by atomic mass is 9.80. The van der Waals surface area contributed by atoms with E-state index in [4.69, 9.17) is 10.6 Å². The first kappa shape index (κ1) is 33.4. The Labute approximate surface area is 301 Å². The van der Waals surface area contributed by atoms with Crippen molar-refractivity contribution in [1.82, 2.24) is 20.2 Å². The summed E-state index contributed by atoms with van der Waals surface area (Å²) in [5.74, 6) is -2.22. The standard InChI is InChI=1S/C38H30N6O5S2/c39-37-41-29(23-51-37)30(43-49-38(26-12-4-1-5-13-26,27-14-6-2-7-15-27)28-16-8-3-9-17-28)33(45)42-31-34(46)44-32(36(47)48)25(22-50-35(31)44)19-18-24-11-10-20-40-21-24/h1-21,23,31,35H,22H2,(H2,39,41)(H,42,45)(H,47,48)/b19-18-,43-30?/t31-,35+/m1/s1. The number of nitrogens with two attached hydrogens (primary N) is 1. The van der Waals surface area contributed by atoms with Gasteiger partial charge in [-0.05, 0) is 17.2 Å². The van der Waals surface area contributed by atoms with Crippen LogP contribution in [0.4, 0.5) is 5.13 Å². The number of hydrogen-bond acceptors (Lipinski definition) is 10. The van der Waals surface area contributed by atoms with E-state index < -0.39 is 34.8 Å². The summed E-state index contributed by atoms with van der Waals surface area (Å²) in [5, 5.41) is 18.6. The van der Waals surface area contributed by atoms with Crippen molar-refractivity contribution in [1.29, 1.82) is 0 Å². The van der Waals surface area contributed by atoms with Crippen LogP contribution in [0.25, 0.3) is 6.08 Å². The number of carboxylic acids is 1. The number of pyridine rings is 1. The van der Waals surface area contributed by atoms with Crippen LogP contribution in [0.5, 0.6) is 0 Å². The van der Waals surface area contributed by atoms with Gasteiger partial charge < -0.3 is 21.0 Å². The molecule has 7 rings (SSSR count). The van der Waals surface area contributed by atoms with Crippen LogP contribution in [0.3, 0.4) is 0 Å². The summed E-state index contributed by atoms with van der Waals surface area (Å²) >= 11 is 2.48. The summed E-state index contributed by atoms with van der Waals surface area (Å²) in [6.07, 6.45) is 6.72. The number of allylic oxidation sites excluding steroid dienone is 1. The third kappa shape index (κ3) is 6.52. The van der Waals surface area contributed by atoms with Crippen molar-refractivity contribution in [3.8, 4) is 0 Å². The van der Waals surface area contributed by atoms with Gasteiger partial charge in [-0.2, -0.15) is 0 Å². The van der Waals surface area contributed by atoms with E-state index in [2.05, 4.69) is 20.4 Å². The highest BCUT2D eigenvalue weighted by molar-refractivity contribution is 8.00. The Morgan fingerprint density at radius 2 is 1.57 bits per heavy atom. The molecule has 0 bridgehead atoms. The second kappa shape index (κ2) is 14.4. The minimum atomic E-state index is -1.29. The molecule has 1 saturated heterocycles. The van der Waals surface area contributed by atoms with Crippen LogP contribution in [0.1, 0.15) is 27.9 Å². The van der Waals surface area contributed by atoms with Gasteiger partial charge in [0, 0.05) is 40.2 Å². The zero-order valence-electron chi connectivity index (χ0n) is 26.8. The molecule has 4 N–H and O–H groups in total. The molecule has 2 aliphatic rings. The molecule has 0 aliphatic carbocycles. The van der Waals surface area contributed by atoms with Gasteiger partial charge in [0.25, 0.3) is 11.8 Å². The number of hydrogen-bond donors (Lipinski definition) is 3. The van der Waals surface area contributed by atoms with Crippen molar-refractivity contribution >= 4 is 57.8 Å². The summed E-state index contributed by atoms with van der Waals surface area (Å²) in [6, 6.07) is 31.2. The van der Waals surface area contributed by atoms with Gasteiger partial charge in [-0.15, -0.1) is 23.1 Å². The van der Waals surface area contributed by atoms with Crippen LogP contribution in [0.15, 0.2) is 143 Å². The van der Waals surface area contributed by atoms with Gasteiger partial charge >= 0.3 is 5.97 Å². The molecule has 2 atom stereocenters. The van der Waals surface area contributed by atoms with Crippen molar-refractivity contribution in [2.45, 2.75) is 17.0 Å². The highest BCUT2D eigenvalue weighted by Gasteiger charge is 2.54. The Balaban J connectivity index is 1.22. The molecule has 254 valence electrons. The number of aliphatic carboxylic acids is 1. The molecular weight excluding hydrogens is 685 g/mol. The zero-order valence-corrected chi connectivity index (χ0v) is 28.5. The minimum Gasteiger partial charge on any atom is -0.477 e. The van der Waals surface area contributed by atoms with Crippen molar-refractivity contribution in [2.24, 2.45) is 5.16 Å². The van der Waals surface area contributed by atoms with Gasteiger partial charge in [-0.3, -0.25) is 19.5 Å². The molecule has 11 nitrogen and oxygen atoms in total. The van der Waals surface area contributed by atoms with E-state index in [9.17, 15) is 19.5 Å². The molecule has 3 aromatic carbocycles. The van der Waals surface area contributed by atoms with Crippen molar-refractivity contribution < 1.29 is 24.3 Å². The lowest BCUT2D eigenvalue weighted by molar-refractivity contribution is -0.150. The van der Waals surface area contributed by atoms with Crippen LogP contribution in [-0.2, 0) is 24.8 Å². The fourth-order valence-corrected chi connectivity index (χ4v) is 7.91. The molecule has 1 fully saturated rings. The van der Waals surface area contributed by atoms with Crippen LogP contribution in [-0.4, -0.2) is 60.6 Å². The SMILES string of the molecule is Nc1nc(C(=NOC(c2ccccc2)(c2ccccc2)c2ccccc2)C(=O)N[C@@H]2C(=O)N3C(C(=O)O)=C(/C=C\c4cccnc4)CS[C@@H]23)cs1. The maximum atomic E-state index is 14.1. The summed E-state index contributed by atoms with van der Waals surface area (Å²) in [4.78, 5) is 56.3. The van der Waals surface area contributed by atoms with Gasteiger partial charge in [-0.1, -0.05) is 114 Å². The number of thioether (sulfide) groups is 1. The largest absolute Gasteiger partial charge is 0.477 e. The summed E-state index contributed by atoms with van der Waals surface area (Å²) < 4.78 is 0. The Bertz CT molecular complexity index is 2060. The number of rotatable bonds is 11. The van der Waals surface area contributed by atoms with Gasteiger partial charge in [0.2, 0.25) is 5.60 Å². The average molecular weight is 715 g/mol. The number of β-lactam (4-membered cyclic amide) rings is 1. The maximum absolute atomic E-state index is 14.1. The Hall–Kier alpha value is -6.05. The Morgan fingerprint density at radius 3 is 2.10 bits per heavy atom. The molecule has 0 spiro atoms. The molecular formula is C38H30N6O5S2. The predicted octanol–water partition coefficient (Wildman–Crippen LogP) is 5.29. The normalized spacial score (nSPS) is 17.5. The molecule has 2 aromatic heterocycles. The topological polar surface area (TPSA) is 160 Å². The van der Waals surface area contributed by atoms with E-state index in [0.29, 0.717) is 11.3 Å². The number of carbonyl (C=O) groups is 3. The number of fused-ring (bicyclic) bond motifs is 1. The lowest BCUT2D eigenvalue weighted by Gasteiger charge is -2.49. The summed E-state index contributed by atoms with van der Waals surface area (Å²) in [6.45, 7) is 0.